The number of amides is 1. The maximum absolute atomic E-state index is 12.5. The number of nitrogens with one attached hydrogen (secondary N) is 1. The first-order valence-corrected chi connectivity index (χ1v) is 8.39. The fourth-order valence-corrected chi connectivity index (χ4v) is 2.95. The molecule has 1 aromatic carbocycles. The van der Waals surface area contributed by atoms with E-state index in [1.165, 1.54) is 12.1 Å². The standard InChI is InChI=1S/C19H21NO6/c1-11-9-15(12(2)25-11)18(21)20-16-10-24-8-7-17(16)26-14-5-3-13(4-6-14)19(22)23/h3-6,9,16-17H,7-8,10H2,1-2H3,(H,20,21)(H,22,23)/t16-,17-/m1/s1. The van der Waals surface area contributed by atoms with Crippen LogP contribution >= 0.6 is 0 Å². The zero-order valence-corrected chi connectivity index (χ0v) is 14.7. The number of aromatic carboxylic acids is 1. The van der Waals surface area contributed by atoms with E-state index in [4.69, 9.17) is 19.0 Å². The Morgan fingerprint density at radius 2 is 1.96 bits per heavy atom. The molecule has 0 radical (unpaired) electrons. The lowest BCUT2D eigenvalue weighted by Crippen LogP contribution is -2.51. The van der Waals surface area contributed by atoms with Crippen molar-refractivity contribution in [1.82, 2.24) is 5.32 Å². The molecule has 1 aromatic heterocycles. The Labute approximate surface area is 150 Å². The van der Waals surface area contributed by atoms with Crippen LogP contribution in [0.3, 0.4) is 0 Å². The van der Waals surface area contributed by atoms with Crippen molar-refractivity contribution in [2.75, 3.05) is 13.2 Å². The van der Waals surface area contributed by atoms with E-state index < -0.39 is 5.97 Å². The molecule has 138 valence electrons. The summed E-state index contributed by atoms with van der Waals surface area (Å²) in [6, 6.07) is 7.59. The molecule has 2 heterocycles. The van der Waals surface area contributed by atoms with Gasteiger partial charge in [-0.25, -0.2) is 4.79 Å². The molecule has 1 aliphatic rings. The summed E-state index contributed by atoms with van der Waals surface area (Å²) in [5.74, 6) is 0.581. The van der Waals surface area contributed by atoms with Crippen LogP contribution in [0.15, 0.2) is 34.7 Å². The normalized spacial score (nSPS) is 19.8. The zero-order valence-electron chi connectivity index (χ0n) is 14.7. The molecule has 3 rings (SSSR count). The molecule has 0 bridgehead atoms. The van der Waals surface area contributed by atoms with E-state index >= 15 is 0 Å². The second kappa shape index (κ2) is 7.61. The summed E-state index contributed by atoms with van der Waals surface area (Å²) in [5.41, 5.74) is 0.692. The maximum atomic E-state index is 12.5. The number of carboxylic acids is 1. The highest BCUT2D eigenvalue weighted by molar-refractivity contribution is 5.95. The number of carboxylic acid groups (broad SMARTS) is 1. The predicted molar refractivity (Wildman–Crippen MR) is 92.7 cm³/mol. The van der Waals surface area contributed by atoms with Crippen molar-refractivity contribution in [3.8, 4) is 5.75 Å². The molecular weight excluding hydrogens is 338 g/mol. The van der Waals surface area contributed by atoms with Gasteiger partial charge in [-0.1, -0.05) is 0 Å². The predicted octanol–water partition coefficient (Wildman–Crippen LogP) is 2.56. The summed E-state index contributed by atoms with van der Waals surface area (Å²) in [7, 11) is 0. The van der Waals surface area contributed by atoms with E-state index in [0.29, 0.717) is 42.5 Å². The van der Waals surface area contributed by atoms with Crippen LogP contribution in [0.1, 0.15) is 38.7 Å². The highest BCUT2D eigenvalue weighted by Gasteiger charge is 2.30. The zero-order chi connectivity index (χ0) is 18.7. The van der Waals surface area contributed by atoms with Crippen molar-refractivity contribution >= 4 is 11.9 Å². The Morgan fingerprint density at radius 1 is 1.23 bits per heavy atom. The number of aryl methyl sites for hydroxylation is 2. The van der Waals surface area contributed by atoms with Crippen molar-refractivity contribution in [3.63, 3.8) is 0 Å². The third-order valence-corrected chi connectivity index (χ3v) is 4.28. The van der Waals surface area contributed by atoms with Crippen LogP contribution in [0.5, 0.6) is 5.75 Å². The molecule has 1 amide bonds. The Hall–Kier alpha value is -2.80. The van der Waals surface area contributed by atoms with Crippen LogP contribution in [0.4, 0.5) is 0 Å². The van der Waals surface area contributed by atoms with Gasteiger partial charge in [0, 0.05) is 6.42 Å². The van der Waals surface area contributed by atoms with Gasteiger partial charge in [-0.05, 0) is 44.2 Å². The van der Waals surface area contributed by atoms with Gasteiger partial charge in [0.1, 0.15) is 23.4 Å². The summed E-state index contributed by atoms with van der Waals surface area (Å²) in [6.45, 7) is 4.42. The number of furan rings is 1. The highest BCUT2D eigenvalue weighted by Crippen LogP contribution is 2.20. The smallest absolute Gasteiger partial charge is 0.335 e. The Kier molecular flexibility index (Phi) is 5.27. The molecule has 0 spiro atoms. The van der Waals surface area contributed by atoms with Crippen LogP contribution in [0.2, 0.25) is 0 Å². The van der Waals surface area contributed by atoms with Gasteiger partial charge in [0.2, 0.25) is 0 Å². The van der Waals surface area contributed by atoms with Crippen LogP contribution < -0.4 is 10.1 Å². The molecular formula is C19H21NO6. The van der Waals surface area contributed by atoms with Crippen molar-refractivity contribution in [1.29, 1.82) is 0 Å². The van der Waals surface area contributed by atoms with Gasteiger partial charge in [0.05, 0.1) is 30.4 Å². The maximum Gasteiger partial charge on any atom is 0.335 e. The van der Waals surface area contributed by atoms with Gasteiger partial charge >= 0.3 is 5.97 Å². The average molecular weight is 359 g/mol. The number of benzene rings is 1. The van der Waals surface area contributed by atoms with Crippen molar-refractivity contribution < 1.29 is 28.6 Å². The monoisotopic (exact) mass is 359 g/mol. The van der Waals surface area contributed by atoms with Crippen molar-refractivity contribution in [2.24, 2.45) is 0 Å². The minimum atomic E-state index is -0.987. The summed E-state index contributed by atoms with van der Waals surface area (Å²) < 4.78 is 16.8. The van der Waals surface area contributed by atoms with Crippen LogP contribution in [0.25, 0.3) is 0 Å². The quantitative estimate of drug-likeness (QED) is 0.851. The second-order valence-electron chi connectivity index (χ2n) is 6.26. The van der Waals surface area contributed by atoms with Gasteiger partial charge < -0.3 is 24.3 Å². The lowest BCUT2D eigenvalue weighted by atomic mass is 10.1. The van der Waals surface area contributed by atoms with Gasteiger partial charge in [-0.3, -0.25) is 4.79 Å². The molecule has 1 aliphatic heterocycles. The molecule has 0 aliphatic carbocycles. The fourth-order valence-electron chi connectivity index (χ4n) is 2.95. The molecule has 1 fully saturated rings. The lowest BCUT2D eigenvalue weighted by molar-refractivity contribution is -0.00291. The van der Waals surface area contributed by atoms with Crippen LogP contribution in [0, 0.1) is 13.8 Å². The summed E-state index contributed by atoms with van der Waals surface area (Å²) in [5, 5.41) is 11.9. The minimum absolute atomic E-state index is 0.194. The van der Waals surface area contributed by atoms with Gasteiger partial charge in [-0.15, -0.1) is 0 Å². The van der Waals surface area contributed by atoms with Crippen molar-refractivity contribution in [3.05, 3.63) is 53.0 Å². The third-order valence-electron chi connectivity index (χ3n) is 4.28. The van der Waals surface area contributed by atoms with E-state index in [-0.39, 0.29) is 23.6 Å². The van der Waals surface area contributed by atoms with Crippen LogP contribution in [-0.4, -0.2) is 42.3 Å². The van der Waals surface area contributed by atoms with E-state index in [9.17, 15) is 9.59 Å². The van der Waals surface area contributed by atoms with Gasteiger partial charge in [-0.2, -0.15) is 0 Å². The Balaban J connectivity index is 1.68. The molecule has 0 unspecified atom stereocenters. The molecule has 0 saturated carbocycles. The Morgan fingerprint density at radius 3 is 2.58 bits per heavy atom. The number of hydrogen-bond acceptors (Lipinski definition) is 5. The van der Waals surface area contributed by atoms with E-state index in [1.54, 1.807) is 32.0 Å². The molecule has 2 N–H and O–H groups in total. The van der Waals surface area contributed by atoms with Gasteiger partial charge in [0.25, 0.3) is 5.91 Å². The first-order chi connectivity index (χ1) is 12.4. The second-order valence-corrected chi connectivity index (χ2v) is 6.26. The molecule has 7 nitrogen and oxygen atoms in total. The third kappa shape index (κ3) is 4.05. The van der Waals surface area contributed by atoms with E-state index in [2.05, 4.69) is 5.32 Å². The fraction of sp³-hybridized carbons (Fsp3) is 0.368. The Bertz CT molecular complexity index is 795. The first-order valence-electron chi connectivity index (χ1n) is 8.39. The molecule has 2 atom stereocenters. The molecule has 26 heavy (non-hydrogen) atoms. The molecule has 1 saturated heterocycles. The first kappa shape index (κ1) is 18.0. The summed E-state index contributed by atoms with van der Waals surface area (Å²) in [6.07, 6.45) is 0.353. The largest absolute Gasteiger partial charge is 0.488 e. The topological polar surface area (TPSA) is 98.0 Å². The summed E-state index contributed by atoms with van der Waals surface area (Å²) >= 11 is 0. The highest BCUT2D eigenvalue weighted by atomic mass is 16.5. The molecule has 7 heteroatoms. The minimum Gasteiger partial charge on any atom is -0.488 e. The van der Waals surface area contributed by atoms with Crippen molar-refractivity contribution in [2.45, 2.75) is 32.4 Å². The average Bonchev–Trinajstić information content (AvgIpc) is 2.95. The van der Waals surface area contributed by atoms with Gasteiger partial charge in [0.15, 0.2) is 0 Å². The number of carbonyl (C=O) groups excluding carboxylic acids is 1. The van der Waals surface area contributed by atoms with E-state index in [0.717, 1.165) is 0 Å². The number of ether oxygens (including phenoxy) is 2. The lowest BCUT2D eigenvalue weighted by Gasteiger charge is -2.32. The number of carbonyl (C=O) groups is 2. The summed E-state index contributed by atoms with van der Waals surface area (Å²) in [4.78, 5) is 23.4. The van der Waals surface area contributed by atoms with E-state index in [1.807, 2.05) is 0 Å². The molecule has 2 aromatic rings. The van der Waals surface area contributed by atoms with Crippen LogP contribution in [-0.2, 0) is 4.74 Å². The number of hydrogen-bond donors (Lipinski definition) is 2. The number of rotatable bonds is 5. The SMILES string of the molecule is Cc1cc(C(=O)N[C@@H]2COCC[C@H]2Oc2ccc(C(=O)O)cc2)c(C)o1.